The molecule has 1 aromatic carbocycles. The fraction of sp³-hybridized carbons (Fsp3) is 0.273. The van der Waals surface area contributed by atoms with Gasteiger partial charge in [0.15, 0.2) is 11.6 Å². The molecule has 5 rings (SSSR count). The number of nitro groups is 1. The third-order valence-corrected chi connectivity index (χ3v) is 6.69. The maximum Gasteiger partial charge on any atom is 0.270 e. The van der Waals surface area contributed by atoms with E-state index in [9.17, 15) is 14.9 Å². The quantitative estimate of drug-likeness (QED) is 0.349. The summed E-state index contributed by atoms with van der Waals surface area (Å²) in [5.41, 5.74) is 1.61. The zero-order valence-electron chi connectivity index (χ0n) is 16.1. The number of hydrogen-bond donors (Lipinski definition) is 1. The Morgan fingerprint density at radius 3 is 2.70 bits per heavy atom. The number of furan rings is 1. The lowest BCUT2D eigenvalue weighted by Gasteiger charge is -2.08. The molecule has 1 aliphatic rings. The van der Waals surface area contributed by atoms with Crippen molar-refractivity contribution in [2.45, 2.75) is 38.5 Å². The molecule has 0 unspecified atom stereocenters. The molecule has 3 aromatic heterocycles. The van der Waals surface area contributed by atoms with Crippen molar-refractivity contribution in [3.05, 3.63) is 67.3 Å². The monoisotopic (exact) mass is 421 g/mol. The number of non-ortho nitro benzene ring substituents is 1. The van der Waals surface area contributed by atoms with Gasteiger partial charge in [-0.2, -0.15) is 0 Å². The van der Waals surface area contributed by atoms with Crippen LogP contribution in [-0.4, -0.2) is 14.9 Å². The topological polar surface area (TPSA) is 102 Å². The predicted octanol–water partition coefficient (Wildman–Crippen LogP) is 5.48. The fourth-order valence-corrected chi connectivity index (χ4v) is 5.29. The molecular formula is C22H19N3O4S. The maximum atomic E-state index is 12.9. The highest BCUT2D eigenvalue weighted by Gasteiger charge is 2.20. The Hall–Kier alpha value is -3.26. The van der Waals surface area contributed by atoms with E-state index in [1.165, 1.54) is 29.9 Å². The normalized spacial score (nSPS) is 14.3. The van der Waals surface area contributed by atoms with Gasteiger partial charge in [0.2, 0.25) is 0 Å². The van der Waals surface area contributed by atoms with Gasteiger partial charge in [-0.25, -0.2) is 4.98 Å². The number of nitro benzene ring substituents is 1. The van der Waals surface area contributed by atoms with E-state index in [-0.39, 0.29) is 11.2 Å². The lowest BCUT2D eigenvalue weighted by atomic mass is 9.98. The second kappa shape index (κ2) is 7.53. The summed E-state index contributed by atoms with van der Waals surface area (Å²) in [6, 6.07) is 9.70. The van der Waals surface area contributed by atoms with Crippen molar-refractivity contribution in [1.29, 1.82) is 0 Å². The van der Waals surface area contributed by atoms with Gasteiger partial charge < -0.3 is 9.40 Å². The van der Waals surface area contributed by atoms with Crippen molar-refractivity contribution >= 4 is 27.2 Å². The molecular weight excluding hydrogens is 402 g/mol. The van der Waals surface area contributed by atoms with Crippen LogP contribution in [0.25, 0.3) is 33.1 Å². The minimum Gasteiger partial charge on any atom is -0.453 e. The number of aryl methyl sites for hydroxylation is 2. The highest BCUT2D eigenvalue weighted by molar-refractivity contribution is 7.18. The molecule has 0 saturated heterocycles. The molecule has 3 heterocycles. The number of nitrogens with zero attached hydrogens (tertiary/aromatic N) is 2. The van der Waals surface area contributed by atoms with E-state index in [0.29, 0.717) is 28.3 Å². The van der Waals surface area contributed by atoms with Crippen LogP contribution >= 0.6 is 11.3 Å². The Morgan fingerprint density at radius 1 is 1.07 bits per heavy atom. The van der Waals surface area contributed by atoms with Crippen molar-refractivity contribution in [3.8, 4) is 22.9 Å². The van der Waals surface area contributed by atoms with Gasteiger partial charge in [0.1, 0.15) is 10.6 Å². The number of aromatic nitrogens is 2. The fourth-order valence-electron chi connectivity index (χ4n) is 4.03. The molecule has 0 radical (unpaired) electrons. The van der Waals surface area contributed by atoms with Gasteiger partial charge in [0.05, 0.1) is 10.3 Å². The zero-order valence-corrected chi connectivity index (χ0v) is 17.0. The summed E-state index contributed by atoms with van der Waals surface area (Å²) in [5, 5.41) is 11.7. The zero-order chi connectivity index (χ0) is 20.7. The van der Waals surface area contributed by atoms with Crippen LogP contribution in [0, 0.1) is 10.1 Å². The van der Waals surface area contributed by atoms with E-state index in [2.05, 4.69) is 9.97 Å². The van der Waals surface area contributed by atoms with Gasteiger partial charge in [0, 0.05) is 22.6 Å². The first-order valence-corrected chi connectivity index (χ1v) is 10.8. The molecule has 0 fully saturated rings. The third-order valence-electron chi connectivity index (χ3n) is 5.51. The average molecular weight is 421 g/mol. The molecule has 30 heavy (non-hydrogen) atoms. The molecule has 0 atom stereocenters. The van der Waals surface area contributed by atoms with Crippen LogP contribution in [0.3, 0.4) is 0 Å². The van der Waals surface area contributed by atoms with Gasteiger partial charge in [0.25, 0.3) is 11.2 Å². The molecule has 4 aromatic rings. The lowest BCUT2D eigenvalue weighted by molar-refractivity contribution is -0.384. The Balaban J connectivity index is 1.55. The molecule has 1 N–H and O–H groups in total. The molecule has 0 amide bonds. The smallest absolute Gasteiger partial charge is 0.270 e. The first-order chi connectivity index (χ1) is 14.6. The van der Waals surface area contributed by atoms with Crippen molar-refractivity contribution < 1.29 is 9.34 Å². The first-order valence-electron chi connectivity index (χ1n) is 10.00. The van der Waals surface area contributed by atoms with E-state index < -0.39 is 4.92 Å². The number of fused-ring (bicyclic) bond motifs is 3. The summed E-state index contributed by atoms with van der Waals surface area (Å²) in [7, 11) is 0. The second-order valence-corrected chi connectivity index (χ2v) is 8.57. The summed E-state index contributed by atoms with van der Waals surface area (Å²) in [6.45, 7) is 0. The van der Waals surface area contributed by atoms with Gasteiger partial charge in [-0.1, -0.05) is 25.0 Å². The van der Waals surface area contributed by atoms with Crippen LogP contribution < -0.4 is 5.56 Å². The first kappa shape index (κ1) is 18.7. The Bertz CT molecular complexity index is 1320. The minimum absolute atomic E-state index is 0.00518. The highest BCUT2D eigenvalue weighted by atomic mass is 32.1. The van der Waals surface area contributed by atoms with Crippen molar-refractivity contribution in [1.82, 2.24) is 9.97 Å². The molecule has 0 spiro atoms. The number of rotatable bonds is 3. The lowest BCUT2D eigenvalue weighted by Crippen LogP contribution is -2.10. The molecule has 8 heteroatoms. The number of thiophene rings is 1. The van der Waals surface area contributed by atoms with Crippen LogP contribution in [0.5, 0.6) is 0 Å². The second-order valence-electron chi connectivity index (χ2n) is 7.48. The van der Waals surface area contributed by atoms with Crippen LogP contribution in [0.4, 0.5) is 5.69 Å². The standard InChI is InChI=1S/C22H19N3O4S/c26-21-19-15-8-3-1-2-4-9-18(15)30-22(19)24-20(23-21)17-11-10-16(29-17)13-6-5-7-14(12-13)25(27)28/h5-7,10-12H,1-4,8-9H2,(H,23,24,26). The van der Waals surface area contributed by atoms with E-state index in [1.807, 2.05) is 0 Å². The van der Waals surface area contributed by atoms with E-state index in [4.69, 9.17) is 4.42 Å². The minimum atomic E-state index is -0.441. The summed E-state index contributed by atoms with van der Waals surface area (Å²) < 4.78 is 5.89. The van der Waals surface area contributed by atoms with Crippen molar-refractivity contribution in [3.63, 3.8) is 0 Å². The Morgan fingerprint density at radius 2 is 1.87 bits per heavy atom. The SMILES string of the molecule is O=c1[nH]c(-c2ccc(-c3cccc([N+](=O)[O-])c3)o2)nc2sc3c(c12)CCCCCC3. The van der Waals surface area contributed by atoms with E-state index in [1.54, 1.807) is 35.6 Å². The van der Waals surface area contributed by atoms with Crippen LogP contribution in [0.1, 0.15) is 36.1 Å². The predicted molar refractivity (Wildman–Crippen MR) is 116 cm³/mol. The van der Waals surface area contributed by atoms with Crippen molar-refractivity contribution in [2.75, 3.05) is 0 Å². The molecule has 7 nitrogen and oxygen atoms in total. The van der Waals surface area contributed by atoms with Gasteiger partial charge >= 0.3 is 0 Å². The Kier molecular flexibility index (Phi) is 4.71. The Labute approximate surface area is 175 Å². The van der Waals surface area contributed by atoms with Crippen LogP contribution in [-0.2, 0) is 12.8 Å². The third kappa shape index (κ3) is 3.33. The highest BCUT2D eigenvalue weighted by Crippen LogP contribution is 2.34. The van der Waals surface area contributed by atoms with Crippen LogP contribution in [0.15, 0.2) is 45.6 Å². The molecule has 0 saturated carbocycles. The van der Waals surface area contributed by atoms with Gasteiger partial charge in [-0.15, -0.1) is 11.3 Å². The molecule has 152 valence electrons. The maximum absolute atomic E-state index is 12.9. The van der Waals surface area contributed by atoms with Crippen LogP contribution in [0.2, 0.25) is 0 Å². The number of hydrogen-bond acceptors (Lipinski definition) is 6. The number of H-pyrrole nitrogens is 1. The summed E-state index contributed by atoms with van der Waals surface area (Å²) in [5.74, 6) is 1.28. The molecule has 0 aliphatic heterocycles. The number of benzene rings is 1. The largest absolute Gasteiger partial charge is 0.453 e. The van der Waals surface area contributed by atoms with Crippen molar-refractivity contribution in [2.24, 2.45) is 0 Å². The molecule has 0 bridgehead atoms. The summed E-state index contributed by atoms with van der Waals surface area (Å²) >= 11 is 1.61. The summed E-state index contributed by atoms with van der Waals surface area (Å²) in [6.07, 6.45) is 6.61. The summed E-state index contributed by atoms with van der Waals surface area (Å²) in [4.78, 5) is 33.1. The van der Waals surface area contributed by atoms with Gasteiger partial charge in [-0.3, -0.25) is 14.9 Å². The average Bonchev–Trinajstić information content (AvgIpc) is 3.33. The number of aromatic amines is 1. The van der Waals surface area contributed by atoms with E-state index in [0.717, 1.165) is 36.1 Å². The number of nitrogens with one attached hydrogen (secondary N) is 1. The van der Waals surface area contributed by atoms with E-state index >= 15 is 0 Å². The molecule has 1 aliphatic carbocycles. The van der Waals surface area contributed by atoms with Gasteiger partial charge in [-0.05, 0) is 43.4 Å².